The maximum atomic E-state index is 13.1. The summed E-state index contributed by atoms with van der Waals surface area (Å²) in [5.74, 6) is -0.571. The Morgan fingerprint density at radius 1 is 1.04 bits per heavy atom. The Bertz CT molecular complexity index is 974. The summed E-state index contributed by atoms with van der Waals surface area (Å²) >= 11 is 0. The maximum absolute atomic E-state index is 13.1. The minimum absolute atomic E-state index is 0.0919. The summed E-state index contributed by atoms with van der Waals surface area (Å²) in [4.78, 5) is 8.73. The van der Waals surface area contributed by atoms with Crippen LogP contribution in [-0.4, -0.2) is 54.9 Å². The van der Waals surface area contributed by atoms with Gasteiger partial charge in [-0.05, 0) is 36.6 Å². The molecule has 2 bridgehead atoms. The molecule has 2 fully saturated rings. The van der Waals surface area contributed by atoms with Crippen LogP contribution in [0.5, 0.6) is 0 Å². The summed E-state index contributed by atoms with van der Waals surface area (Å²) in [5.41, 5.74) is 1.26. The van der Waals surface area contributed by atoms with E-state index < -0.39 is 12.0 Å². The van der Waals surface area contributed by atoms with Gasteiger partial charge in [0.25, 0.3) is 5.82 Å². The highest BCUT2D eigenvalue weighted by molar-refractivity contribution is 5.47. The first-order valence-corrected chi connectivity index (χ1v) is 9.18. The fraction of sp³-hybridized carbons (Fsp3) is 0.444. The Hall–Kier alpha value is -2.75. The van der Waals surface area contributed by atoms with Crippen LogP contribution in [-0.2, 0) is 12.7 Å². The van der Waals surface area contributed by atoms with Crippen LogP contribution < -0.4 is 4.90 Å². The van der Waals surface area contributed by atoms with Gasteiger partial charge in [0, 0.05) is 44.1 Å². The summed E-state index contributed by atoms with van der Waals surface area (Å²) in [6, 6.07) is 7.96. The average molecular weight is 389 g/mol. The van der Waals surface area contributed by atoms with Crippen LogP contribution in [0.1, 0.15) is 24.2 Å². The molecule has 5 rings (SSSR count). The third-order valence-corrected chi connectivity index (χ3v) is 5.55. The normalized spacial score (nSPS) is 22.9. The first-order valence-electron chi connectivity index (χ1n) is 9.18. The van der Waals surface area contributed by atoms with Crippen molar-refractivity contribution >= 4 is 11.5 Å². The van der Waals surface area contributed by atoms with E-state index in [9.17, 15) is 13.2 Å². The topological polar surface area (TPSA) is 62.5 Å². The number of hydrogen-bond donors (Lipinski definition) is 0. The fourth-order valence-electron chi connectivity index (χ4n) is 4.26. The van der Waals surface area contributed by atoms with Gasteiger partial charge in [0.05, 0.1) is 0 Å². The molecule has 0 aliphatic carbocycles. The Kier molecular flexibility index (Phi) is 3.97. The lowest BCUT2D eigenvalue weighted by molar-refractivity contribution is -0.146. The molecule has 0 aromatic carbocycles. The molecule has 7 nitrogen and oxygen atoms in total. The molecule has 3 aromatic rings. The molecule has 0 saturated carbocycles. The molecule has 146 valence electrons. The monoisotopic (exact) mass is 389 g/mol. The standard InChI is InChI=1S/C18H18F3N7/c19-18(20,21)17-24-23-15-5-6-16(25-28(15)17)26-10-13-3-4-14(11-26)27(13)9-12-2-1-7-22-8-12/h1-2,5-8,13-14H,3-4,9-11H2. The van der Waals surface area contributed by atoms with E-state index >= 15 is 0 Å². The van der Waals surface area contributed by atoms with E-state index in [1.165, 1.54) is 11.6 Å². The molecule has 0 N–H and O–H groups in total. The number of anilines is 1. The predicted octanol–water partition coefficient (Wildman–Crippen LogP) is 2.39. The summed E-state index contributed by atoms with van der Waals surface area (Å²) < 4.78 is 40.2. The summed E-state index contributed by atoms with van der Waals surface area (Å²) in [6.07, 6.45) is 1.20. The zero-order chi connectivity index (χ0) is 19.3. The molecular weight excluding hydrogens is 371 g/mol. The van der Waals surface area contributed by atoms with Gasteiger partial charge in [-0.15, -0.1) is 15.3 Å². The van der Waals surface area contributed by atoms with E-state index in [0.29, 0.717) is 17.9 Å². The maximum Gasteiger partial charge on any atom is 0.453 e. The van der Waals surface area contributed by atoms with Gasteiger partial charge in [-0.1, -0.05) is 6.07 Å². The average Bonchev–Trinajstić information content (AvgIpc) is 3.19. The highest BCUT2D eigenvalue weighted by atomic mass is 19.4. The quantitative estimate of drug-likeness (QED) is 0.686. The summed E-state index contributed by atoms with van der Waals surface area (Å²) in [6.45, 7) is 2.31. The fourth-order valence-corrected chi connectivity index (χ4v) is 4.26. The van der Waals surface area contributed by atoms with E-state index in [2.05, 4.69) is 36.1 Å². The zero-order valence-electron chi connectivity index (χ0n) is 14.9. The van der Waals surface area contributed by atoms with Crippen molar-refractivity contribution in [3.63, 3.8) is 0 Å². The molecule has 2 aliphatic rings. The van der Waals surface area contributed by atoms with Crippen molar-refractivity contribution in [3.05, 3.63) is 48.0 Å². The van der Waals surface area contributed by atoms with E-state index in [-0.39, 0.29) is 5.65 Å². The molecule has 0 spiro atoms. The molecule has 5 heterocycles. The second-order valence-electron chi connectivity index (χ2n) is 7.31. The van der Waals surface area contributed by atoms with Crippen LogP contribution in [0.3, 0.4) is 0 Å². The number of piperazine rings is 1. The number of hydrogen-bond acceptors (Lipinski definition) is 6. The lowest BCUT2D eigenvalue weighted by Gasteiger charge is -2.41. The van der Waals surface area contributed by atoms with Crippen molar-refractivity contribution in [3.8, 4) is 0 Å². The molecule has 2 aliphatic heterocycles. The third kappa shape index (κ3) is 2.97. The van der Waals surface area contributed by atoms with Crippen LogP contribution in [0.25, 0.3) is 5.65 Å². The number of fused-ring (bicyclic) bond motifs is 3. The van der Waals surface area contributed by atoms with Crippen LogP contribution >= 0.6 is 0 Å². The molecule has 3 aromatic heterocycles. The number of alkyl halides is 3. The van der Waals surface area contributed by atoms with Crippen LogP contribution in [0.2, 0.25) is 0 Å². The van der Waals surface area contributed by atoms with Gasteiger partial charge in [-0.2, -0.15) is 17.7 Å². The highest BCUT2D eigenvalue weighted by Gasteiger charge is 2.41. The Morgan fingerprint density at radius 2 is 1.82 bits per heavy atom. The number of pyridine rings is 1. The van der Waals surface area contributed by atoms with Crippen LogP contribution in [0, 0.1) is 0 Å². The largest absolute Gasteiger partial charge is 0.453 e. The van der Waals surface area contributed by atoms with Crippen molar-refractivity contribution in [2.75, 3.05) is 18.0 Å². The SMILES string of the molecule is FC(F)(F)c1nnc2ccc(N3CC4CCC(C3)N4Cc3cccnc3)nn12. The number of rotatable bonds is 3. The van der Waals surface area contributed by atoms with Crippen molar-refractivity contribution in [2.24, 2.45) is 0 Å². The summed E-state index contributed by atoms with van der Waals surface area (Å²) in [5, 5.41) is 11.0. The van der Waals surface area contributed by atoms with E-state index in [4.69, 9.17) is 0 Å². The molecule has 28 heavy (non-hydrogen) atoms. The second-order valence-corrected chi connectivity index (χ2v) is 7.31. The lowest BCUT2D eigenvalue weighted by atomic mass is 10.1. The first kappa shape index (κ1) is 17.4. The van der Waals surface area contributed by atoms with Gasteiger partial charge >= 0.3 is 6.18 Å². The number of nitrogens with zero attached hydrogens (tertiary/aromatic N) is 7. The first-order chi connectivity index (χ1) is 13.5. The van der Waals surface area contributed by atoms with E-state index in [1.54, 1.807) is 12.3 Å². The molecule has 0 amide bonds. The van der Waals surface area contributed by atoms with Crippen LogP contribution in [0.15, 0.2) is 36.7 Å². The molecule has 2 atom stereocenters. The third-order valence-electron chi connectivity index (χ3n) is 5.55. The number of halogens is 3. The highest BCUT2D eigenvalue weighted by Crippen LogP contribution is 2.34. The van der Waals surface area contributed by atoms with Crippen molar-refractivity contribution in [2.45, 2.75) is 37.6 Å². The molecule has 10 heteroatoms. The van der Waals surface area contributed by atoms with E-state index in [0.717, 1.165) is 37.0 Å². The van der Waals surface area contributed by atoms with Crippen molar-refractivity contribution < 1.29 is 13.2 Å². The summed E-state index contributed by atoms with van der Waals surface area (Å²) in [7, 11) is 0. The minimum atomic E-state index is -4.59. The number of aromatic nitrogens is 5. The van der Waals surface area contributed by atoms with E-state index in [1.807, 2.05) is 12.3 Å². The smallest absolute Gasteiger partial charge is 0.352 e. The molecular formula is C18H18F3N7. The predicted molar refractivity (Wildman–Crippen MR) is 94.6 cm³/mol. The zero-order valence-corrected chi connectivity index (χ0v) is 14.9. The van der Waals surface area contributed by atoms with Crippen LogP contribution in [0.4, 0.5) is 19.0 Å². The van der Waals surface area contributed by atoms with Gasteiger partial charge in [0.2, 0.25) is 0 Å². The van der Waals surface area contributed by atoms with Gasteiger partial charge in [-0.3, -0.25) is 9.88 Å². The Morgan fingerprint density at radius 3 is 2.50 bits per heavy atom. The van der Waals surface area contributed by atoms with Crippen molar-refractivity contribution in [1.29, 1.82) is 0 Å². The van der Waals surface area contributed by atoms with Gasteiger partial charge in [0.1, 0.15) is 5.82 Å². The van der Waals surface area contributed by atoms with Crippen molar-refractivity contribution in [1.82, 2.24) is 29.7 Å². The van der Waals surface area contributed by atoms with Gasteiger partial charge < -0.3 is 4.90 Å². The second kappa shape index (κ2) is 6.40. The minimum Gasteiger partial charge on any atom is -0.352 e. The molecule has 0 radical (unpaired) electrons. The Balaban J connectivity index is 1.39. The molecule has 2 saturated heterocycles. The molecule has 2 unspecified atom stereocenters. The lowest BCUT2D eigenvalue weighted by Crippen LogP contribution is -2.53. The Labute approximate surface area is 158 Å². The van der Waals surface area contributed by atoms with Gasteiger partial charge in [0.15, 0.2) is 5.65 Å². The van der Waals surface area contributed by atoms with Gasteiger partial charge in [-0.25, -0.2) is 0 Å².